The highest BCUT2D eigenvalue weighted by molar-refractivity contribution is 7.15. The van der Waals surface area contributed by atoms with Gasteiger partial charge in [0, 0.05) is 11.8 Å². The van der Waals surface area contributed by atoms with Gasteiger partial charge in [-0.2, -0.15) is 13.2 Å². The van der Waals surface area contributed by atoms with E-state index in [0.717, 1.165) is 17.4 Å². The Labute approximate surface area is 110 Å². The quantitative estimate of drug-likeness (QED) is 0.864. The Balaban J connectivity index is 2.36. The molecule has 0 aliphatic heterocycles. The molecule has 0 spiro atoms. The topological polar surface area (TPSA) is 39.2 Å². The number of halogens is 3. The molecule has 1 radical (unpaired) electrons. The molecule has 7 heteroatoms. The molecule has 0 fully saturated rings. The van der Waals surface area contributed by atoms with Crippen LogP contribution in [0.25, 0.3) is 10.4 Å². The second-order valence-corrected chi connectivity index (χ2v) is 4.65. The van der Waals surface area contributed by atoms with Crippen LogP contribution in [-0.2, 0) is 22.3 Å². The lowest BCUT2D eigenvalue weighted by Gasteiger charge is -2.10. The van der Waals surface area contributed by atoms with E-state index in [9.17, 15) is 18.0 Å². The zero-order valence-electron chi connectivity index (χ0n) is 9.40. The maximum absolute atomic E-state index is 12.9. The first-order chi connectivity index (χ1) is 9.02. The van der Waals surface area contributed by atoms with Gasteiger partial charge in [-0.3, -0.25) is 0 Å². The molecule has 0 aliphatic rings. The average molecular weight is 286 g/mol. The van der Waals surface area contributed by atoms with Crippen LogP contribution in [0.4, 0.5) is 13.2 Å². The van der Waals surface area contributed by atoms with Gasteiger partial charge < -0.3 is 4.74 Å². The standard InChI is InChI=1S/C12H7F3NO2S/c13-12(14,15)9-4-2-1-3-8(9)10-5-16-11(19-10)6-18-7-17/h1-5H,6H2. The maximum Gasteiger partial charge on any atom is 0.417 e. The summed E-state index contributed by atoms with van der Waals surface area (Å²) in [5.74, 6) is 0. The van der Waals surface area contributed by atoms with Crippen LogP contribution in [0.3, 0.4) is 0 Å². The van der Waals surface area contributed by atoms with Crippen LogP contribution in [0, 0.1) is 0 Å². The van der Waals surface area contributed by atoms with Gasteiger partial charge in [0.25, 0.3) is 0 Å². The molecule has 3 nitrogen and oxygen atoms in total. The number of thiazole rings is 1. The van der Waals surface area contributed by atoms with E-state index >= 15 is 0 Å². The molecule has 0 saturated carbocycles. The van der Waals surface area contributed by atoms with Gasteiger partial charge in [0.05, 0.1) is 10.4 Å². The van der Waals surface area contributed by atoms with E-state index in [-0.39, 0.29) is 12.2 Å². The summed E-state index contributed by atoms with van der Waals surface area (Å²) in [6.45, 7) is 1.14. The molecule has 1 aromatic heterocycles. The van der Waals surface area contributed by atoms with Crippen molar-refractivity contribution in [2.45, 2.75) is 12.8 Å². The van der Waals surface area contributed by atoms with Gasteiger partial charge in [-0.15, -0.1) is 11.3 Å². The fraction of sp³-hybridized carbons (Fsp3) is 0.167. The lowest BCUT2D eigenvalue weighted by molar-refractivity contribution is -0.137. The summed E-state index contributed by atoms with van der Waals surface area (Å²) in [5.41, 5.74) is -0.651. The molecule has 0 bridgehead atoms. The number of carbonyl (C=O) groups excluding carboxylic acids is 1. The minimum absolute atomic E-state index is 0.0637. The largest absolute Gasteiger partial charge is 0.450 e. The molecule has 1 heterocycles. The molecule has 2 rings (SSSR count). The molecule has 2 aromatic rings. The third-order valence-electron chi connectivity index (χ3n) is 2.31. The Morgan fingerprint density at radius 1 is 1.32 bits per heavy atom. The summed E-state index contributed by atoms with van der Waals surface area (Å²) < 4.78 is 42.9. The van der Waals surface area contributed by atoms with Crippen molar-refractivity contribution >= 4 is 17.8 Å². The van der Waals surface area contributed by atoms with Crippen molar-refractivity contribution in [2.75, 3.05) is 0 Å². The monoisotopic (exact) mass is 286 g/mol. The molecule has 0 atom stereocenters. The summed E-state index contributed by atoms with van der Waals surface area (Å²) in [6, 6.07) is 5.26. The van der Waals surface area contributed by atoms with Gasteiger partial charge in [0.1, 0.15) is 11.6 Å². The summed E-state index contributed by atoms with van der Waals surface area (Å²) in [4.78, 5) is 14.2. The molecule has 1 aromatic carbocycles. The second-order valence-electron chi connectivity index (χ2n) is 3.53. The van der Waals surface area contributed by atoms with E-state index in [2.05, 4.69) is 9.72 Å². The molecule has 99 valence electrons. The summed E-state index contributed by atoms with van der Waals surface area (Å²) in [6.07, 6.45) is -3.09. The number of rotatable bonds is 4. The van der Waals surface area contributed by atoms with Gasteiger partial charge in [-0.1, -0.05) is 18.2 Å². The SMILES string of the molecule is O=[C]OCc1ncc(-c2ccccc2C(F)(F)F)s1. The molecule has 0 unspecified atom stereocenters. The second kappa shape index (κ2) is 5.40. The van der Waals surface area contributed by atoms with E-state index < -0.39 is 11.7 Å². The minimum Gasteiger partial charge on any atom is -0.450 e. The zero-order chi connectivity index (χ0) is 13.9. The number of ether oxygens (including phenoxy) is 1. The van der Waals surface area contributed by atoms with Gasteiger partial charge in [-0.05, 0) is 6.07 Å². The summed E-state index contributed by atoms with van der Waals surface area (Å²) in [7, 11) is 0. The Hall–Kier alpha value is -1.89. The lowest BCUT2D eigenvalue weighted by atomic mass is 10.1. The van der Waals surface area contributed by atoms with Gasteiger partial charge in [0.2, 0.25) is 0 Å². The van der Waals surface area contributed by atoms with Crippen molar-refractivity contribution in [2.24, 2.45) is 0 Å². The Morgan fingerprint density at radius 3 is 2.74 bits per heavy atom. The van der Waals surface area contributed by atoms with Crippen molar-refractivity contribution in [1.29, 1.82) is 0 Å². The Kier molecular flexibility index (Phi) is 3.84. The average Bonchev–Trinajstić information content (AvgIpc) is 2.84. The van der Waals surface area contributed by atoms with E-state index in [1.54, 1.807) is 0 Å². The first-order valence-electron chi connectivity index (χ1n) is 5.12. The van der Waals surface area contributed by atoms with Gasteiger partial charge >= 0.3 is 12.6 Å². The minimum atomic E-state index is -4.42. The predicted octanol–water partition coefficient (Wildman–Crippen LogP) is 3.41. The maximum atomic E-state index is 12.9. The molecule has 0 aliphatic carbocycles. The predicted molar refractivity (Wildman–Crippen MR) is 63.0 cm³/mol. The van der Waals surface area contributed by atoms with Crippen molar-refractivity contribution in [1.82, 2.24) is 4.98 Å². The van der Waals surface area contributed by atoms with Crippen molar-refractivity contribution in [3.8, 4) is 10.4 Å². The third kappa shape index (κ3) is 3.11. The zero-order valence-corrected chi connectivity index (χ0v) is 10.2. The number of hydrogen-bond acceptors (Lipinski definition) is 4. The summed E-state index contributed by atoms with van der Waals surface area (Å²) >= 11 is 1.04. The molecule has 0 N–H and O–H groups in total. The smallest absolute Gasteiger partial charge is 0.417 e. The molecular formula is C12H7F3NO2S. The molecule has 0 saturated heterocycles. The third-order valence-corrected chi connectivity index (χ3v) is 3.31. The van der Waals surface area contributed by atoms with Crippen molar-refractivity contribution < 1.29 is 22.7 Å². The Bertz CT molecular complexity index is 580. The normalized spacial score (nSPS) is 11.3. The first-order valence-corrected chi connectivity index (χ1v) is 5.94. The van der Waals surface area contributed by atoms with Crippen LogP contribution in [0.2, 0.25) is 0 Å². The van der Waals surface area contributed by atoms with Crippen molar-refractivity contribution in [3.63, 3.8) is 0 Å². The van der Waals surface area contributed by atoms with Crippen molar-refractivity contribution in [3.05, 3.63) is 41.0 Å². The molecule has 0 amide bonds. The fourth-order valence-electron chi connectivity index (χ4n) is 1.54. The van der Waals surface area contributed by atoms with Crippen LogP contribution in [0.1, 0.15) is 10.6 Å². The number of benzene rings is 1. The van der Waals surface area contributed by atoms with E-state index in [4.69, 9.17) is 0 Å². The van der Waals surface area contributed by atoms with Crippen LogP contribution in [0.15, 0.2) is 30.5 Å². The van der Waals surface area contributed by atoms with Crippen LogP contribution >= 0.6 is 11.3 Å². The number of alkyl halides is 3. The van der Waals surface area contributed by atoms with E-state index in [1.807, 2.05) is 0 Å². The van der Waals surface area contributed by atoms with Crippen LogP contribution < -0.4 is 0 Å². The number of nitrogens with zero attached hydrogens (tertiary/aromatic N) is 1. The highest BCUT2D eigenvalue weighted by Gasteiger charge is 2.33. The highest BCUT2D eigenvalue weighted by Crippen LogP contribution is 2.38. The van der Waals surface area contributed by atoms with Gasteiger partial charge in [-0.25, -0.2) is 9.78 Å². The summed E-state index contributed by atoms with van der Waals surface area (Å²) in [5, 5.41) is 0.412. The lowest BCUT2D eigenvalue weighted by Crippen LogP contribution is -2.06. The fourth-order valence-corrected chi connectivity index (χ4v) is 2.41. The Morgan fingerprint density at radius 2 is 2.05 bits per heavy atom. The number of aromatic nitrogens is 1. The molecular weight excluding hydrogens is 279 g/mol. The highest BCUT2D eigenvalue weighted by atomic mass is 32.1. The first kappa shape index (κ1) is 13.5. The van der Waals surface area contributed by atoms with E-state index in [0.29, 0.717) is 9.88 Å². The number of hydrogen-bond donors (Lipinski definition) is 0. The van der Waals surface area contributed by atoms with Crippen LogP contribution in [0.5, 0.6) is 0 Å². The van der Waals surface area contributed by atoms with Gasteiger partial charge in [0.15, 0.2) is 0 Å². The van der Waals surface area contributed by atoms with Crippen LogP contribution in [-0.4, -0.2) is 11.5 Å². The van der Waals surface area contributed by atoms with E-state index in [1.165, 1.54) is 30.9 Å². The molecule has 19 heavy (non-hydrogen) atoms.